The molecule has 2 aliphatic rings. The number of H-pyrrole nitrogens is 2. The van der Waals surface area contributed by atoms with Gasteiger partial charge in [0.15, 0.2) is 0 Å². The lowest BCUT2D eigenvalue weighted by molar-refractivity contribution is 1.06. The Bertz CT molecular complexity index is 2890. The third kappa shape index (κ3) is 6.56. The van der Waals surface area contributed by atoms with E-state index in [1.165, 1.54) is 0 Å². The molecule has 7 aromatic rings. The Hall–Kier alpha value is -6.80. The molecule has 0 fully saturated rings. The Kier molecular flexibility index (Phi) is 10.3. The van der Waals surface area contributed by atoms with Crippen LogP contribution in [-0.2, 0) is 0 Å². The SMILES string of the molecule is Cc1nc(C)c(C)c(-c2c3nc(c(-c4c(C)c(C)nc(C)c4C)c4ccc([nH]4)c(-c4c(C)c(C)nc(C)c4C)c4nc(c(-c5c(C)c(C)nc(C)c5C)c5ccc2[nH]5)C=C4)C=C3)c1C. The van der Waals surface area contributed by atoms with Gasteiger partial charge in [-0.15, -0.1) is 0 Å². The quantitative estimate of drug-likeness (QED) is 0.183. The highest BCUT2D eigenvalue weighted by molar-refractivity contribution is 6.02. The molecular formula is C56H58N8. The summed E-state index contributed by atoms with van der Waals surface area (Å²) < 4.78 is 0. The van der Waals surface area contributed by atoms with Gasteiger partial charge >= 0.3 is 0 Å². The van der Waals surface area contributed by atoms with E-state index in [1.54, 1.807) is 0 Å². The fraction of sp³-hybridized carbons (Fsp3) is 0.286. The molecule has 0 unspecified atom stereocenters. The molecule has 7 aromatic heterocycles. The molecule has 0 atom stereocenters. The molecule has 0 saturated heterocycles. The van der Waals surface area contributed by atoms with Crippen molar-refractivity contribution >= 4 is 46.4 Å². The summed E-state index contributed by atoms with van der Waals surface area (Å²) in [5, 5.41) is 0. The summed E-state index contributed by atoms with van der Waals surface area (Å²) in [5.74, 6) is 0. The molecule has 2 N–H and O–H groups in total. The van der Waals surface area contributed by atoms with Crippen molar-refractivity contribution in [1.29, 1.82) is 0 Å². The van der Waals surface area contributed by atoms with Crippen molar-refractivity contribution in [2.75, 3.05) is 0 Å². The molecule has 0 saturated carbocycles. The first-order valence-electron chi connectivity index (χ1n) is 22.3. The van der Waals surface area contributed by atoms with Crippen molar-refractivity contribution in [2.45, 2.75) is 111 Å². The predicted molar refractivity (Wildman–Crippen MR) is 268 cm³/mol. The Morgan fingerprint density at radius 2 is 0.406 bits per heavy atom. The number of hydrogen-bond acceptors (Lipinski definition) is 6. The number of aryl methyl sites for hydroxylation is 8. The zero-order valence-corrected chi connectivity index (χ0v) is 40.3. The molecule has 0 amide bonds. The second-order valence-corrected chi connectivity index (χ2v) is 18.1. The fourth-order valence-electron chi connectivity index (χ4n) is 10.0. The van der Waals surface area contributed by atoms with Crippen LogP contribution in [-0.4, -0.2) is 39.9 Å². The van der Waals surface area contributed by atoms with E-state index >= 15 is 0 Å². The summed E-state index contributed by atoms with van der Waals surface area (Å²) in [7, 11) is 0. The van der Waals surface area contributed by atoms with Crippen LogP contribution in [0, 0.1) is 111 Å². The maximum Gasteiger partial charge on any atom is 0.0737 e. The summed E-state index contributed by atoms with van der Waals surface area (Å²) in [6, 6.07) is 8.87. The smallest absolute Gasteiger partial charge is 0.0737 e. The Balaban J connectivity index is 1.59. The fourth-order valence-corrected chi connectivity index (χ4v) is 10.0. The van der Waals surface area contributed by atoms with Gasteiger partial charge in [-0.05, 0) is 226 Å². The van der Waals surface area contributed by atoms with Crippen molar-refractivity contribution < 1.29 is 0 Å². The molecule has 8 heteroatoms. The molecule has 8 nitrogen and oxygen atoms in total. The van der Waals surface area contributed by atoms with Crippen LogP contribution in [0.25, 0.3) is 90.9 Å². The molecular weight excluding hydrogens is 785 g/mol. The molecule has 0 aromatic carbocycles. The second kappa shape index (κ2) is 15.5. The average Bonchev–Trinajstić information content (AvgIpc) is 4.10. The van der Waals surface area contributed by atoms with Gasteiger partial charge in [0.1, 0.15) is 0 Å². The minimum absolute atomic E-state index is 0.883. The maximum atomic E-state index is 5.68. The third-order valence-corrected chi connectivity index (χ3v) is 14.4. The Morgan fingerprint density at radius 1 is 0.234 bits per heavy atom. The van der Waals surface area contributed by atoms with E-state index < -0.39 is 0 Å². The first-order chi connectivity index (χ1) is 30.4. The van der Waals surface area contributed by atoms with Gasteiger partial charge in [-0.3, -0.25) is 19.9 Å². The number of nitrogens with one attached hydrogen (secondary N) is 2. The number of nitrogens with zero attached hydrogens (tertiary/aromatic N) is 6. The number of pyridine rings is 4. The van der Waals surface area contributed by atoms with Crippen molar-refractivity contribution in [3.8, 4) is 44.5 Å². The first kappa shape index (κ1) is 42.5. The Labute approximate surface area is 377 Å². The average molecular weight is 843 g/mol. The van der Waals surface area contributed by atoms with Gasteiger partial charge in [0.2, 0.25) is 0 Å². The maximum absolute atomic E-state index is 5.68. The van der Waals surface area contributed by atoms with Crippen LogP contribution in [0.15, 0.2) is 24.3 Å². The first-order valence-corrected chi connectivity index (χ1v) is 22.3. The number of aromatic nitrogens is 8. The van der Waals surface area contributed by atoms with Crippen molar-refractivity contribution in [1.82, 2.24) is 39.9 Å². The van der Waals surface area contributed by atoms with Gasteiger partial charge in [-0.25, -0.2) is 9.97 Å². The van der Waals surface area contributed by atoms with E-state index in [4.69, 9.17) is 29.9 Å². The highest BCUT2D eigenvalue weighted by atomic mass is 14.8. The highest BCUT2D eigenvalue weighted by Crippen LogP contribution is 2.44. The lowest BCUT2D eigenvalue weighted by atomic mass is 9.93. The number of hydrogen-bond donors (Lipinski definition) is 2. The van der Waals surface area contributed by atoms with E-state index in [-0.39, 0.29) is 0 Å². The molecule has 0 aliphatic carbocycles. The van der Waals surface area contributed by atoms with Crippen LogP contribution in [0.2, 0.25) is 0 Å². The van der Waals surface area contributed by atoms with Gasteiger partial charge in [-0.2, -0.15) is 0 Å². The monoisotopic (exact) mass is 842 g/mol. The summed E-state index contributed by atoms with van der Waals surface area (Å²) in [4.78, 5) is 39.2. The lowest BCUT2D eigenvalue weighted by Crippen LogP contribution is -2.02. The summed E-state index contributed by atoms with van der Waals surface area (Å²) in [6.07, 6.45) is 8.76. The number of fused-ring (bicyclic) bond motifs is 8. The van der Waals surface area contributed by atoms with Gasteiger partial charge in [0.05, 0.1) is 22.8 Å². The van der Waals surface area contributed by atoms with Crippen LogP contribution in [0.4, 0.5) is 0 Å². The summed E-state index contributed by atoms with van der Waals surface area (Å²) in [6.45, 7) is 34.3. The Morgan fingerprint density at radius 3 is 0.578 bits per heavy atom. The van der Waals surface area contributed by atoms with E-state index in [2.05, 4.69) is 169 Å². The summed E-state index contributed by atoms with van der Waals surface area (Å²) >= 11 is 0. The van der Waals surface area contributed by atoms with E-state index in [0.717, 1.165) is 179 Å². The minimum Gasteiger partial charge on any atom is -0.354 e. The zero-order chi connectivity index (χ0) is 45.8. The lowest BCUT2D eigenvalue weighted by Gasteiger charge is -2.17. The topological polar surface area (TPSA) is 109 Å². The van der Waals surface area contributed by atoms with Crippen LogP contribution >= 0.6 is 0 Å². The van der Waals surface area contributed by atoms with E-state index in [0.29, 0.717) is 0 Å². The van der Waals surface area contributed by atoms with Crippen molar-refractivity contribution in [2.24, 2.45) is 0 Å². The minimum atomic E-state index is 0.883. The molecule has 9 rings (SSSR count). The predicted octanol–water partition coefficient (Wildman–Crippen LogP) is 13.8. The molecule has 322 valence electrons. The number of rotatable bonds is 4. The van der Waals surface area contributed by atoms with Crippen molar-refractivity contribution in [3.63, 3.8) is 0 Å². The second-order valence-electron chi connectivity index (χ2n) is 18.1. The molecule has 0 spiro atoms. The van der Waals surface area contributed by atoms with Crippen LogP contribution in [0.3, 0.4) is 0 Å². The van der Waals surface area contributed by atoms with Crippen LogP contribution < -0.4 is 0 Å². The van der Waals surface area contributed by atoms with Gasteiger partial charge in [0, 0.05) is 89.9 Å². The van der Waals surface area contributed by atoms with E-state index in [9.17, 15) is 0 Å². The van der Waals surface area contributed by atoms with Gasteiger partial charge in [0.25, 0.3) is 0 Å². The van der Waals surface area contributed by atoms with Crippen LogP contribution in [0.5, 0.6) is 0 Å². The summed E-state index contributed by atoms with van der Waals surface area (Å²) in [5.41, 5.74) is 33.2. The van der Waals surface area contributed by atoms with Gasteiger partial charge < -0.3 is 9.97 Å². The van der Waals surface area contributed by atoms with E-state index in [1.807, 2.05) is 0 Å². The largest absolute Gasteiger partial charge is 0.354 e. The molecule has 8 bridgehead atoms. The highest BCUT2D eigenvalue weighted by Gasteiger charge is 2.26. The molecule has 2 aliphatic heterocycles. The zero-order valence-electron chi connectivity index (χ0n) is 40.3. The standard InChI is InChI=1S/C56H58N8/c1-25-33(9)57-34(10)26(2)49(25)53-41-17-19-43(61-41)54(50-27(3)35(11)58-36(12)28(50)4)45-21-23-47(63-45)56(52-31(7)39(15)60-40(16)32(52)8)48-24-22-46(64-48)55(44-20-18-42(53)62-44)51-29(5)37(13)59-38(14)30(51)6/h17-24,61,64H,1-16H3. The number of aromatic amines is 2. The molecule has 0 radical (unpaired) electrons. The molecule has 64 heavy (non-hydrogen) atoms. The normalized spacial score (nSPS) is 12.2. The third-order valence-electron chi connectivity index (χ3n) is 14.4. The van der Waals surface area contributed by atoms with Crippen molar-refractivity contribution in [3.05, 3.63) is 137 Å². The van der Waals surface area contributed by atoms with Crippen LogP contribution in [0.1, 0.15) is 113 Å². The molecule has 9 heterocycles. The van der Waals surface area contributed by atoms with Gasteiger partial charge in [-0.1, -0.05) is 0 Å².